The highest BCUT2D eigenvalue weighted by molar-refractivity contribution is 8.00. The normalized spacial score (nSPS) is 15.3. The van der Waals surface area contributed by atoms with Crippen LogP contribution in [0.3, 0.4) is 0 Å². The van der Waals surface area contributed by atoms with Gasteiger partial charge in [-0.25, -0.2) is 4.79 Å². The maximum atomic E-state index is 12.3. The summed E-state index contributed by atoms with van der Waals surface area (Å²) in [4.78, 5) is 15.3. The minimum atomic E-state index is -0.0473. The zero-order chi connectivity index (χ0) is 16.9. The summed E-state index contributed by atoms with van der Waals surface area (Å²) in [6, 6.07) is 7.98. The van der Waals surface area contributed by atoms with Crippen LogP contribution < -0.4 is 5.32 Å². The van der Waals surface area contributed by atoms with E-state index < -0.39 is 0 Å². The van der Waals surface area contributed by atoms with Crippen molar-refractivity contribution in [3.8, 4) is 0 Å². The van der Waals surface area contributed by atoms with Crippen molar-refractivity contribution in [2.45, 2.75) is 36.8 Å². The van der Waals surface area contributed by atoms with Gasteiger partial charge in [0.1, 0.15) is 0 Å². The van der Waals surface area contributed by atoms with Crippen molar-refractivity contribution < 1.29 is 9.53 Å². The third kappa shape index (κ3) is 5.92. The Labute approximate surface area is 143 Å². The molecule has 0 radical (unpaired) electrons. The molecule has 4 nitrogen and oxygen atoms in total. The van der Waals surface area contributed by atoms with Gasteiger partial charge in [-0.1, -0.05) is 26.8 Å². The summed E-state index contributed by atoms with van der Waals surface area (Å²) < 4.78 is 5.31. The second-order valence-electron chi connectivity index (χ2n) is 6.66. The monoisotopic (exact) mass is 334 g/mol. The fraction of sp³-hybridized carbons (Fsp3) is 0.500. The Morgan fingerprint density at radius 1 is 1.30 bits per heavy atom. The quantitative estimate of drug-likeness (QED) is 0.656. The molecule has 0 atom stereocenters. The van der Waals surface area contributed by atoms with Gasteiger partial charge in [0.25, 0.3) is 0 Å². The first-order valence-corrected chi connectivity index (χ1v) is 8.71. The van der Waals surface area contributed by atoms with E-state index in [0.717, 1.165) is 18.7 Å². The number of nitrogens with one attached hydrogen (secondary N) is 1. The van der Waals surface area contributed by atoms with Crippen LogP contribution in [0.1, 0.15) is 27.2 Å². The molecule has 0 aliphatic carbocycles. The van der Waals surface area contributed by atoms with Gasteiger partial charge in [-0.15, -0.1) is 11.8 Å². The van der Waals surface area contributed by atoms with Gasteiger partial charge in [0.2, 0.25) is 0 Å². The molecule has 0 fully saturated rings. The van der Waals surface area contributed by atoms with Crippen LogP contribution in [0, 0.1) is 0 Å². The molecular formula is C18H26N2O2S. The van der Waals surface area contributed by atoms with Gasteiger partial charge in [0.15, 0.2) is 0 Å². The van der Waals surface area contributed by atoms with Gasteiger partial charge in [0, 0.05) is 35.5 Å². The third-order valence-corrected chi connectivity index (χ3v) is 4.57. The molecule has 1 aliphatic rings. The van der Waals surface area contributed by atoms with Gasteiger partial charge in [-0.05, 0) is 36.3 Å². The van der Waals surface area contributed by atoms with Crippen molar-refractivity contribution >= 4 is 23.5 Å². The number of ether oxygens (including phenoxy) is 1. The Morgan fingerprint density at radius 3 is 2.52 bits per heavy atom. The molecule has 1 heterocycles. The van der Waals surface area contributed by atoms with Crippen molar-refractivity contribution in [3.05, 3.63) is 35.9 Å². The second kappa shape index (κ2) is 7.88. The fourth-order valence-corrected chi connectivity index (χ4v) is 3.35. The van der Waals surface area contributed by atoms with Crippen LogP contribution in [0.5, 0.6) is 0 Å². The van der Waals surface area contributed by atoms with Crippen LogP contribution in [-0.4, -0.2) is 42.5 Å². The molecule has 2 amide bonds. The molecule has 0 unspecified atom stereocenters. The van der Waals surface area contributed by atoms with Gasteiger partial charge in [0.05, 0.1) is 6.61 Å². The molecule has 0 saturated carbocycles. The Kier molecular flexibility index (Phi) is 6.13. The van der Waals surface area contributed by atoms with E-state index in [1.54, 1.807) is 7.11 Å². The number of methoxy groups -OCH3 is 1. The molecule has 1 aliphatic heterocycles. The predicted octanol–water partition coefficient (Wildman–Crippen LogP) is 4.39. The highest BCUT2D eigenvalue weighted by Crippen LogP contribution is 2.32. The average Bonchev–Trinajstić information content (AvgIpc) is 2.49. The number of thioether (sulfide) groups is 1. The Bertz CT molecular complexity index is 561. The standard InChI is InChI=1S/C18H26N2O2S/c1-18(2,3)23-16-7-5-15(6-8-16)19-17(21)20-11-9-14(10-12-20)13-22-4/h5-9H,10-13H2,1-4H3,(H,19,21). The number of anilines is 1. The average molecular weight is 334 g/mol. The molecule has 23 heavy (non-hydrogen) atoms. The van der Waals surface area contributed by atoms with Crippen molar-refractivity contribution in [2.75, 3.05) is 32.1 Å². The van der Waals surface area contributed by atoms with Crippen LogP contribution in [0.2, 0.25) is 0 Å². The summed E-state index contributed by atoms with van der Waals surface area (Å²) in [6.45, 7) is 8.60. The zero-order valence-electron chi connectivity index (χ0n) is 14.4. The van der Waals surface area contributed by atoms with Crippen molar-refractivity contribution in [1.29, 1.82) is 0 Å². The number of urea groups is 1. The van der Waals surface area contributed by atoms with E-state index in [2.05, 4.69) is 44.3 Å². The first kappa shape index (κ1) is 17.9. The molecule has 0 spiro atoms. The minimum Gasteiger partial charge on any atom is -0.380 e. The van der Waals surface area contributed by atoms with E-state index in [0.29, 0.717) is 13.2 Å². The number of amides is 2. The number of hydrogen-bond acceptors (Lipinski definition) is 3. The summed E-state index contributed by atoms with van der Waals surface area (Å²) in [7, 11) is 1.70. The van der Waals surface area contributed by atoms with E-state index in [9.17, 15) is 4.79 Å². The van der Waals surface area contributed by atoms with Crippen LogP contribution in [0.15, 0.2) is 40.8 Å². The van der Waals surface area contributed by atoms with Crippen molar-refractivity contribution in [2.24, 2.45) is 0 Å². The van der Waals surface area contributed by atoms with E-state index in [1.807, 2.05) is 28.8 Å². The lowest BCUT2D eigenvalue weighted by atomic mass is 10.1. The summed E-state index contributed by atoms with van der Waals surface area (Å²) in [5.74, 6) is 0. The number of hydrogen-bond donors (Lipinski definition) is 1. The molecule has 1 aromatic carbocycles. The maximum absolute atomic E-state index is 12.3. The van der Waals surface area contributed by atoms with Crippen LogP contribution in [-0.2, 0) is 4.74 Å². The first-order valence-electron chi connectivity index (χ1n) is 7.89. The molecule has 0 bridgehead atoms. The predicted molar refractivity (Wildman–Crippen MR) is 97.2 cm³/mol. The van der Waals surface area contributed by atoms with Crippen LogP contribution >= 0.6 is 11.8 Å². The molecule has 0 aromatic heterocycles. The Balaban J connectivity index is 1.88. The zero-order valence-corrected chi connectivity index (χ0v) is 15.2. The van der Waals surface area contributed by atoms with E-state index in [-0.39, 0.29) is 10.8 Å². The lowest BCUT2D eigenvalue weighted by Crippen LogP contribution is -2.38. The lowest BCUT2D eigenvalue weighted by Gasteiger charge is -2.26. The molecule has 5 heteroatoms. The van der Waals surface area contributed by atoms with E-state index >= 15 is 0 Å². The maximum Gasteiger partial charge on any atom is 0.322 e. The van der Waals surface area contributed by atoms with Gasteiger partial charge >= 0.3 is 6.03 Å². The molecule has 1 N–H and O–H groups in total. The van der Waals surface area contributed by atoms with Crippen molar-refractivity contribution in [3.63, 3.8) is 0 Å². The number of carbonyl (C=O) groups is 1. The summed E-state index contributed by atoms with van der Waals surface area (Å²) >= 11 is 1.82. The summed E-state index contributed by atoms with van der Waals surface area (Å²) in [5.41, 5.74) is 2.10. The van der Waals surface area contributed by atoms with Gasteiger partial charge in [-0.2, -0.15) is 0 Å². The SMILES string of the molecule is COCC1=CCN(C(=O)Nc2ccc(SC(C)(C)C)cc2)CC1. The fourth-order valence-electron chi connectivity index (χ4n) is 2.37. The number of rotatable bonds is 4. The summed E-state index contributed by atoms with van der Waals surface area (Å²) in [5, 5.41) is 2.97. The second-order valence-corrected chi connectivity index (χ2v) is 8.56. The molecule has 2 rings (SSSR count). The highest BCUT2D eigenvalue weighted by Gasteiger charge is 2.17. The Morgan fingerprint density at radius 2 is 2.00 bits per heavy atom. The molecule has 1 aromatic rings. The van der Waals surface area contributed by atoms with Gasteiger partial charge < -0.3 is 15.0 Å². The van der Waals surface area contributed by atoms with E-state index in [1.165, 1.54) is 10.5 Å². The van der Waals surface area contributed by atoms with E-state index in [4.69, 9.17) is 4.74 Å². The minimum absolute atomic E-state index is 0.0473. The summed E-state index contributed by atoms with van der Waals surface area (Å²) in [6.07, 6.45) is 2.96. The number of benzene rings is 1. The Hall–Kier alpha value is -1.46. The molecular weight excluding hydrogens is 308 g/mol. The molecule has 126 valence electrons. The lowest BCUT2D eigenvalue weighted by molar-refractivity contribution is 0.203. The van der Waals surface area contributed by atoms with Crippen molar-refractivity contribution in [1.82, 2.24) is 4.90 Å². The topological polar surface area (TPSA) is 41.6 Å². The largest absolute Gasteiger partial charge is 0.380 e. The number of nitrogens with zero attached hydrogens (tertiary/aromatic N) is 1. The van der Waals surface area contributed by atoms with Crippen LogP contribution in [0.25, 0.3) is 0 Å². The highest BCUT2D eigenvalue weighted by atomic mass is 32.2. The molecule has 0 saturated heterocycles. The van der Waals surface area contributed by atoms with Crippen LogP contribution in [0.4, 0.5) is 10.5 Å². The number of carbonyl (C=O) groups excluding carboxylic acids is 1. The smallest absolute Gasteiger partial charge is 0.322 e. The van der Waals surface area contributed by atoms with Gasteiger partial charge in [-0.3, -0.25) is 0 Å². The first-order chi connectivity index (χ1) is 10.9. The third-order valence-electron chi connectivity index (χ3n) is 3.45.